The molecule has 0 bridgehead atoms. The molecule has 0 radical (unpaired) electrons. The first-order valence-corrected chi connectivity index (χ1v) is 5.48. The molecule has 1 aromatic rings. The summed E-state index contributed by atoms with van der Waals surface area (Å²) in [5.74, 6) is -0.393. The Hall–Kier alpha value is -1.63. The standard InChI is InChI=1S/C11H12F3N3O/c12-11(13,14)8-2-1-3-16-9(8)6-17-10(18)7-4-15-5-7/h1-3,7,15H,4-6H2,(H,17,18). The molecule has 2 heterocycles. The number of carbonyl (C=O) groups is 1. The van der Waals surface area contributed by atoms with Gasteiger partial charge in [0.2, 0.25) is 5.91 Å². The Morgan fingerprint density at radius 3 is 2.78 bits per heavy atom. The number of halogens is 3. The van der Waals surface area contributed by atoms with E-state index in [2.05, 4.69) is 15.6 Å². The number of nitrogens with zero attached hydrogens (tertiary/aromatic N) is 1. The van der Waals surface area contributed by atoms with Crippen molar-refractivity contribution in [2.45, 2.75) is 12.7 Å². The van der Waals surface area contributed by atoms with Crippen LogP contribution >= 0.6 is 0 Å². The fourth-order valence-corrected chi connectivity index (χ4v) is 1.63. The Morgan fingerprint density at radius 1 is 1.50 bits per heavy atom. The summed E-state index contributed by atoms with van der Waals surface area (Å²) in [5.41, 5.74) is -0.970. The summed E-state index contributed by atoms with van der Waals surface area (Å²) < 4.78 is 37.9. The number of hydrogen-bond acceptors (Lipinski definition) is 3. The summed E-state index contributed by atoms with van der Waals surface area (Å²) in [6.07, 6.45) is -3.17. The molecule has 0 atom stereocenters. The van der Waals surface area contributed by atoms with Gasteiger partial charge in [-0.1, -0.05) is 0 Å². The van der Waals surface area contributed by atoms with Gasteiger partial charge in [-0.05, 0) is 12.1 Å². The van der Waals surface area contributed by atoms with Gasteiger partial charge < -0.3 is 10.6 Å². The molecule has 1 fully saturated rings. The molecule has 0 spiro atoms. The van der Waals surface area contributed by atoms with Crippen LogP contribution in [0.15, 0.2) is 18.3 Å². The lowest BCUT2D eigenvalue weighted by Crippen LogP contribution is -2.50. The van der Waals surface area contributed by atoms with Crippen LogP contribution in [0.2, 0.25) is 0 Å². The Bertz CT molecular complexity index is 443. The van der Waals surface area contributed by atoms with Crippen molar-refractivity contribution in [2.75, 3.05) is 13.1 Å². The third-order valence-electron chi connectivity index (χ3n) is 2.78. The van der Waals surface area contributed by atoms with Gasteiger partial charge in [-0.3, -0.25) is 9.78 Å². The third-order valence-corrected chi connectivity index (χ3v) is 2.78. The van der Waals surface area contributed by atoms with Crippen LogP contribution in [0, 0.1) is 5.92 Å². The zero-order chi connectivity index (χ0) is 13.2. The first-order valence-electron chi connectivity index (χ1n) is 5.48. The lowest BCUT2D eigenvalue weighted by Gasteiger charge is -2.25. The van der Waals surface area contributed by atoms with Gasteiger partial charge in [0.15, 0.2) is 0 Å². The summed E-state index contributed by atoms with van der Waals surface area (Å²) in [5, 5.41) is 5.39. The molecule has 0 unspecified atom stereocenters. The van der Waals surface area contributed by atoms with Gasteiger partial charge >= 0.3 is 6.18 Å². The fourth-order valence-electron chi connectivity index (χ4n) is 1.63. The van der Waals surface area contributed by atoms with Crippen molar-refractivity contribution in [1.29, 1.82) is 0 Å². The second-order valence-corrected chi connectivity index (χ2v) is 4.07. The topological polar surface area (TPSA) is 54.0 Å². The van der Waals surface area contributed by atoms with Gasteiger partial charge in [-0.25, -0.2) is 0 Å². The molecule has 1 aliphatic rings. The largest absolute Gasteiger partial charge is 0.418 e. The Balaban J connectivity index is 2.02. The van der Waals surface area contributed by atoms with Crippen LogP contribution in [0.1, 0.15) is 11.3 Å². The third kappa shape index (κ3) is 2.79. The number of rotatable bonds is 3. The highest BCUT2D eigenvalue weighted by Gasteiger charge is 2.34. The summed E-state index contributed by atoms with van der Waals surface area (Å²) in [7, 11) is 0. The monoisotopic (exact) mass is 259 g/mol. The summed E-state index contributed by atoms with van der Waals surface area (Å²) in [6, 6.07) is 2.18. The number of pyridine rings is 1. The van der Waals surface area contributed by atoms with Gasteiger partial charge in [-0.15, -0.1) is 0 Å². The van der Waals surface area contributed by atoms with Crippen molar-refractivity contribution in [2.24, 2.45) is 5.92 Å². The average Bonchev–Trinajstić information content (AvgIpc) is 2.23. The van der Waals surface area contributed by atoms with E-state index in [9.17, 15) is 18.0 Å². The first kappa shape index (κ1) is 12.8. The fraction of sp³-hybridized carbons (Fsp3) is 0.455. The summed E-state index contributed by atoms with van der Waals surface area (Å²) in [4.78, 5) is 15.2. The molecule has 1 amide bonds. The first-order chi connectivity index (χ1) is 8.48. The normalized spacial score (nSPS) is 16.2. The Labute approximate surface area is 102 Å². The molecule has 1 aliphatic heterocycles. The Kier molecular flexibility index (Phi) is 3.51. The molecule has 98 valence electrons. The minimum absolute atomic E-state index is 0.150. The van der Waals surface area contributed by atoms with Gasteiger partial charge in [0.25, 0.3) is 0 Å². The van der Waals surface area contributed by atoms with Crippen molar-refractivity contribution in [3.63, 3.8) is 0 Å². The zero-order valence-corrected chi connectivity index (χ0v) is 9.42. The van der Waals surface area contributed by atoms with E-state index < -0.39 is 11.7 Å². The number of alkyl halides is 3. The van der Waals surface area contributed by atoms with Crippen molar-refractivity contribution in [3.8, 4) is 0 Å². The van der Waals surface area contributed by atoms with Crippen LogP contribution < -0.4 is 10.6 Å². The van der Waals surface area contributed by atoms with E-state index >= 15 is 0 Å². The van der Waals surface area contributed by atoms with Gasteiger partial charge in [0, 0.05) is 19.3 Å². The van der Waals surface area contributed by atoms with Crippen molar-refractivity contribution >= 4 is 5.91 Å². The Morgan fingerprint density at radius 2 is 2.22 bits per heavy atom. The molecule has 2 rings (SSSR count). The lowest BCUT2D eigenvalue weighted by atomic mass is 10.0. The van der Waals surface area contributed by atoms with Crippen LogP contribution in [-0.4, -0.2) is 24.0 Å². The highest BCUT2D eigenvalue weighted by Crippen LogP contribution is 2.30. The predicted octanol–water partition coefficient (Wildman–Crippen LogP) is 0.936. The summed E-state index contributed by atoms with van der Waals surface area (Å²) >= 11 is 0. The molecule has 18 heavy (non-hydrogen) atoms. The van der Waals surface area contributed by atoms with E-state index in [0.717, 1.165) is 6.07 Å². The number of nitrogens with one attached hydrogen (secondary N) is 2. The second-order valence-electron chi connectivity index (χ2n) is 4.07. The predicted molar refractivity (Wildman–Crippen MR) is 57.4 cm³/mol. The molecular weight excluding hydrogens is 247 g/mol. The zero-order valence-electron chi connectivity index (χ0n) is 9.42. The number of aromatic nitrogens is 1. The van der Waals surface area contributed by atoms with Crippen molar-refractivity contribution in [3.05, 3.63) is 29.6 Å². The maximum atomic E-state index is 12.6. The molecule has 0 aliphatic carbocycles. The van der Waals surface area contributed by atoms with E-state index in [0.29, 0.717) is 13.1 Å². The van der Waals surface area contributed by atoms with Crippen molar-refractivity contribution < 1.29 is 18.0 Å². The molecule has 7 heteroatoms. The molecule has 1 aromatic heterocycles. The van der Waals surface area contributed by atoms with E-state index in [1.165, 1.54) is 12.3 Å². The summed E-state index contributed by atoms with van der Waals surface area (Å²) in [6.45, 7) is 0.936. The molecule has 0 aromatic carbocycles. The SMILES string of the molecule is O=C(NCc1ncccc1C(F)(F)F)C1CNC1. The van der Waals surface area contributed by atoms with Crippen LogP contribution in [0.25, 0.3) is 0 Å². The highest BCUT2D eigenvalue weighted by atomic mass is 19.4. The average molecular weight is 259 g/mol. The van der Waals surface area contributed by atoms with E-state index in [4.69, 9.17) is 0 Å². The number of carbonyl (C=O) groups excluding carboxylic acids is 1. The van der Waals surface area contributed by atoms with Gasteiger partial charge in [0.1, 0.15) is 0 Å². The number of amides is 1. The lowest BCUT2D eigenvalue weighted by molar-refractivity contribution is -0.139. The molecule has 2 N–H and O–H groups in total. The van der Waals surface area contributed by atoms with Crippen molar-refractivity contribution in [1.82, 2.24) is 15.6 Å². The maximum Gasteiger partial charge on any atom is 0.418 e. The molecular formula is C11H12F3N3O. The number of hydrogen-bond donors (Lipinski definition) is 2. The molecule has 1 saturated heterocycles. The molecule has 4 nitrogen and oxygen atoms in total. The maximum absolute atomic E-state index is 12.6. The van der Waals surface area contributed by atoms with Gasteiger partial charge in [-0.2, -0.15) is 13.2 Å². The smallest absolute Gasteiger partial charge is 0.350 e. The second kappa shape index (κ2) is 4.93. The van der Waals surface area contributed by atoms with Gasteiger partial charge in [0.05, 0.1) is 23.7 Å². The minimum atomic E-state index is -4.45. The minimum Gasteiger partial charge on any atom is -0.350 e. The highest BCUT2D eigenvalue weighted by molar-refractivity contribution is 5.79. The van der Waals surface area contributed by atoms with Crippen LogP contribution in [-0.2, 0) is 17.5 Å². The van der Waals surface area contributed by atoms with Crippen LogP contribution in [0.4, 0.5) is 13.2 Å². The van der Waals surface area contributed by atoms with Crippen LogP contribution in [0.3, 0.4) is 0 Å². The van der Waals surface area contributed by atoms with E-state index in [1.54, 1.807) is 0 Å². The van der Waals surface area contributed by atoms with Crippen LogP contribution in [0.5, 0.6) is 0 Å². The quantitative estimate of drug-likeness (QED) is 0.849. The van der Waals surface area contributed by atoms with E-state index in [-0.39, 0.29) is 24.1 Å². The van der Waals surface area contributed by atoms with E-state index in [1.807, 2.05) is 0 Å². The molecule has 0 saturated carbocycles.